The van der Waals surface area contributed by atoms with E-state index in [0.717, 1.165) is 5.56 Å². The van der Waals surface area contributed by atoms with Crippen LogP contribution in [0.4, 0.5) is 14.5 Å². The summed E-state index contributed by atoms with van der Waals surface area (Å²) < 4.78 is 36.1. The fraction of sp³-hybridized carbons (Fsp3) is 0.211. The molecule has 0 aliphatic heterocycles. The smallest absolute Gasteiger partial charge is 0.387 e. The Morgan fingerprint density at radius 2 is 1.96 bits per heavy atom. The molecule has 0 spiro atoms. The monoisotopic (exact) mass is 389 g/mol. The van der Waals surface area contributed by atoms with Crippen molar-refractivity contribution in [2.45, 2.75) is 26.6 Å². The molecule has 1 aromatic carbocycles. The third-order valence-electron chi connectivity index (χ3n) is 3.84. The van der Waals surface area contributed by atoms with Gasteiger partial charge in [-0.2, -0.15) is 8.78 Å². The van der Waals surface area contributed by atoms with Gasteiger partial charge in [-0.1, -0.05) is 12.1 Å². The quantitative estimate of drug-likeness (QED) is 0.653. The lowest BCUT2D eigenvalue weighted by Crippen LogP contribution is -2.30. The molecule has 1 N–H and O–H groups in total. The first-order chi connectivity index (χ1) is 13.3. The molecular formula is C19H17F2N3O4. The van der Waals surface area contributed by atoms with Crippen molar-refractivity contribution in [3.63, 3.8) is 0 Å². The van der Waals surface area contributed by atoms with Crippen LogP contribution in [0.5, 0.6) is 5.75 Å². The summed E-state index contributed by atoms with van der Waals surface area (Å²) in [4.78, 5) is 28.7. The zero-order valence-electron chi connectivity index (χ0n) is 15.1. The van der Waals surface area contributed by atoms with Crippen LogP contribution in [-0.4, -0.2) is 34.0 Å². The minimum Gasteiger partial charge on any atom is -0.448 e. The van der Waals surface area contributed by atoms with Gasteiger partial charge in [0.1, 0.15) is 11.4 Å². The number of aryl methyl sites for hydroxylation is 1. The van der Waals surface area contributed by atoms with Gasteiger partial charge in [-0.25, -0.2) is 9.78 Å². The molecular weight excluding hydrogens is 372 g/mol. The largest absolute Gasteiger partial charge is 0.448 e. The number of hydrogen-bond donors (Lipinski definition) is 1. The maximum Gasteiger partial charge on any atom is 0.387 e. The number of aromatic nitrogens is 2. The highest BCUT2D eigenvalue weighted by Crippen LogP contribution is 2.25. The second kappa shape index (κ2) is 8.03. The van der Waals surface area contributed by atoms with Gasteiger partial charge in [0, 0.05) is 12.4 Å². The number of rotatable bonds is 6. The van der Waals surface area contributed by atoms with Crippen LogP contribution < -0.4 is 10.1 Å². The van der Waals surface area contributed by atoms with Gasteiger partial charge in [-0.15, -0.1) is 0 Å². The van der Waals surface area contributed by atoms with Crippen molar-refractivity contribution in [2.75, 3.05) is 5.32 Å². The summed E-state index contributed by atoms with van der Waals surface area (Å²) in [6, 6.07) is 9.38. The second-order valence-corrected chi connectivity index (χ2v) is 6.01. The van der Waals surface area contributed by atoms with E-state index >= 15 is 0 Å². The highest BCUT2D eigenvalue weighted by molar-refractivity contribution is 5.97. The number of esters is 1. The number of pyridine rings is 1. The van der Waals surface area contributed by atoms with E-state index in [1.54, 1.807) is 22.7 Å². The Morgan fingerprint density at radius 3 is 2.71 bits per heavy atom. The number of fused-ring (bicyclic) bond motifs is 1. The number of benzene rings is 1. The Kier molecular flexibility index (Phi) is 5.53. The fourth-order valence-electron chi connectivity index (χ4n) is 2.46. The van der Waals surface area contributed by atoms with Gasteiger partial charge < -0.3 is 19.2 Å². The average Bonchev–Trinajstić information content (AvgIpc) is 3.06. The number of anilines is 1. The molecule has 9 heteroatoms. The number of amides is 1. The van der Waals surface area contributed by atoms with Crippen LogP contribution in [0, 0.1) is 6.92 Å². The van der Waals surface area contributed by atoms with Gasteiger partial charge in [0.05, 0.1) is 5.69 Å². The Morgan fingerprint density at radius 1 is 1.21 bits per heavy atom. The highest BCUT2D eigenvalue weighted by Gasteiger charge is 2.22. The maximum atomic E-state index is 12.5. The Labute approximate surface area is 158 Å². The zero-order chi connectivity index (χ0) is 20.3. The summed E-state index contributed by atoms with van der Waals surface area (Å²) in [7, 11) is 0. The number of nitrogens with zero attached hydrogens (tertiary/aromatic N) is 2. The SMILES string of the molecule is Cc1ccn2cc(C(=O)OC(C)C(=O)Nc3ccccc3OC(F)F)nc2c1. The predicted molar refractivity (Wildman–Crippen MR) is 96.5 cm³/mol. The lowest BCUT2D eigenvalue weighted by atomic mass is 10.2. The van der Waals surface area contributed by atoms with Gasteiger partial charge in [0.2, 0.25) is 0 Å². The summed E-state index contributed by atoms with van der Waals surface area (Å²) in [6.07, 6.45) is 2.07. The number of halogens is 2. The van der Waals surface area contributed by atoms with Crippen molar-refractivity contribution < 1.29 is 27.8 Å². The van der Waals surface area contributed by atoms with Crippen LogP contribution in [-0.2, 0) is 9.53 Å². The molecule has 3 rings (SSSR count). The summed E-state index contributed by atoms with van der Waals surface area (Å²) in [6.45, 7) is 0.227. The van der Waals surface area contributed by atoms with Crippen molar-refractivity contribution in [2.24, 2.45) is 0 Å². The molecule has 146 valence electrons. The van der Waals surface area contributed by atoms with E-state index in [1.165, 1.54) is 31.3 Å². The van der Waals surface area contributed by atoms with Crippen LogP contribution in [0.3, 0.4) is 0 Å². The van der Waals surface area contributed by atoms with E-state index in [-0.39, 0.29) is 17.1 Å². The standard InChI is InChI=1S/C19H17F2N3O4/c1-11-7-8-24-10-14(22-16(24)9-11)18(26)27-12(2)17(25)23-13-5-3-4-6-15(13)28-19(20)21/h3-10,12,19H,1-2H3,(H,23,25). The van der Waals surface area contributed by atoms with E-state index in [2.05, 4.69) is 15.0 Å². The summed E-state index contributed by atoms with van der Waals surface area (Å²) in [5.41, 5.74) is 1.64. The number of carbonyl (C=O) groups is 2. The molecule has 7 nitrogen and oxygen atoms in total. The van der Waals surface area contributed by atoms with E-state index in [4.69, 9.17) is 4.74 Å². The molecule has 28 heavy (non-hydrogen) atoms. The number of nitrogens with one attached hydrogen (secondary N) is 1. The van der Waals surface area contributed by atoms with Crippen LogP contribution in [0.15, 0.2) is 48.8 Å². The van der Waals surface area contributed by atoms with Gasteiger partial charge in [-0.05, 0) is 43.7 Å². The molecule has 1 unspecified atom stereocenters. The average molecular weight is 389 g/mol. The minimum atomic E-state index is -3.04. The van der Waals surface area contributed by atoms with E-state index < -0.39 is 24.6 Å². The number of alkyl halides is 2. The molecule has 0 saturated carbocycles. The van der Waals surface area contributed by atoms with E-state index in [0.29, 0.717) is 5.65 Å². The van der Waals surface area contributed by atoms with E-state index in [9.17, 15) is 18.4 Å². The van der Waals surface area contributed by atoms with Crippen LogP contribution in [0.1, 0.15) is 23.0 Å². The summed E-state index contributed by atoms with van der Waals surface area (Å²) in [5, 5.41) is 2.41. The molecule has 0 aliphatic carbocycles. The number of hydrogen-bond acceptors (Lipinski definition) is 5. The molecule has 1 atom stereocenters. The first kappa shape index (κ1) is 19.3. The van der Waals surface area contributed by atoms with Crippen molar-refractivity contribution in [1.29, 1.82) is 0 Å². The van der Waals surface area contributed by atoms with Crippen LogP contribution >= 0.6 is 0 Å². The fourth-order valence-corrected chi connectivity index (χ4v) is 2.46. The minimum absolute atomic E-state index is 0.0407. The first-order valence-electron chi connectivity index (χ1n) is 8.34. The Hall–Kier alpha value is -3.49. The Bertz CT molecular complexity index is 1020. The van der Waals surface area contributed by atoms with Crippen LogP contribution in [0.2, 0.25) is 0 Å². The van der Waals surface area contributed by atoms with Gasteiger partial charge in [-0.3, -0.25) is 4.79 Å². The molecule has 0 saturated heterocycles. The molecule has 1 amide bonds. The van der Waals surface area contributed by atoms with Gasteiger partial charge in [0.15, 0.2) is 11.8 Å². The molecule has 0 radical (unpaired) electrons. The molecule has 0 fully saturated rings. The number of carbonyl (C=O) groups excluding carboxylic acids is 2. The lowest BCUT2D eigenvalue weighted by Gasteiger charge is -2.15. The number of imidazole rings is 1. The number of para-hydroxylation sites is 2. The zero-order valence-corrected chi connectivity index (χ0v) is 15.1. The molecule has 0 bridgehead atoms. The van der Waals surface area contributed by atoms with Crippen LogP contribution in [0.25, 0.3) is 5.65 Å². The molecule has 3 aromatic rings. The maximum absolute atomic E-state index is 12.5. The molecule has 2 aromatic heterocycles. The van der Waals surface area contributed by atoms with Gasteiger partial charge in [0.25, 0.3) is 5.91 Å². The van der Waals surface area contributed by atoms with Gasteiger partial charge >= 0.3 is 12.6 Å². The summed E-state index contributed by atoms with van der Waals surface area (Å²) in [5.74, 6) is -1.67. The van der Waals surface area contributed by atoms with Crippen molar-refractivity contribution in [1.82, 2.24) is 9.38 Å². The van der Waals surface area contributed by atoms with E-state index in [1.807, 2.05) is 13.0 Å². The molecule has 2 heterocycles. The number of ether oxygens (including phenoxy) is 2. The third-order valence-corrected chi connectivity index (χ3v) is 3.84. The lowest BCUT2D eigenvalue weighted by molar-refractivity contribution is -0.123. The topological polar surface area (TPSA) is 81.9 Å². The predicted octanol–water partition coefficient (Wildman–Crippen LogP) is 3.43. The van der Waals surface area contributed by atoms with Crippen molar-refractivity contribution in [3.8, 4) is 5.75 Å². The first-order valence-corrected chi connectivity index (χ1v) is 8.34. The van der Waals surface area contributed by atoms with Crippen molar-refractivity contribution >= 4 is 23.2 Å². The molecule has 0 aliphatic rings. The second-order valence-electron chi connectivity index (χ2n) is 6.01. The Balaban J connectivity index is 1.67. The normalized spacial score (nSPS) is 12.0. The third kappa shape index (κ3) is 4.43. The summed E-state index contributed by atoms with van der Waals surface area (Å²) >= 11 is 0. The van der Waals surface area contributed by atoms with Crippen molar-refractivity contribution in [3.05, 3.63) is 60.0 Å². The highest BCUT2D eigenvalue weighted by atomic mass is 19.3.